The zero-order valence-corrected chi connectivity index (χ0v) is 26.6. The minimum atomic E-state index is -4.28. The third kappa shape index (κ3) is 8.55. The fraction of sp³-hybridized carbons (Fsp3) is 0.188. The van der Waals surface area contributed by atoms with Gasteiger partial charge in [-0.2, -0.15) is 11.8 Å². The van der Waals surface area contributed by atoms with Gasteiger partial charge in [0, 0.05) is 17.7 Å². The molecular weight excluding hydrogens is 609 g/mol. The predicted octanol–water partition coefficient (Wildman–Crippen LogP) is 1.57. The molecule has 13 heteroatoms. The molecule has 0 aromatic heterocycles. The number of aliphatic carboxylic acids is 1. The van der Waals surface area contributed by atoms with Crippen molar-refractivity contribution in [1.82, 2.24) is 5.32 Å². The molecule has 0 fully saturated rings. The Morgan fingerprint density at radius 3 is 2.27 bits per heavy atom. The number of hydrogen-bond donors (Lipinski definition) is 1. The van der Waals surface area contributed by atoms with Gasteiger partial charge in [0.2, 0.25) is 0 Å². The van der Waals surface area contributed by atoms with E-state index in [1.807, 2.05) is 37.4 Å². The van der Waals surface area contributed by atoms with Crippen molar-refractivity contribution in [2.75, 3.05) is 16.3 Å². The number of hydrogen-bond acceptors (Lipinski definition) is 8. The first-order chi connectivity index (χ1) is 21.0. The van der Waals surface area contributed by atoms with E-state index in [9.17, 15) is 33.2 Å². The summed E-state index contributed by atoms with van der Waals surface area (Å²) < 4.78 is 29.0. The number of para-hydroxylation sites is 1. The second-order valence-electron chi connectivity index (χ2n) is 9.92. The number of nitrogens with one attached hydrogen (secondary N) is 1. The number of carboxylic acids is 1. The number of carbonyl (C=O) groups excluding carboxylic acids is 2. The SMILES string of the molecule is CSCCC(NC(=O)c1ccc(CN(c2ccccc2)S(=O)(=O)c2cccc([N+](=O)[O-])c2)cc1-c1ccccc1C)C(=O)[O-].[Li+]. The van der Waals surface area contributed by atoms with Crippen LogP contribution in [0.3, 0.4) is 0 Å². The number of carbonyl (C=O) groups is 2. The molecule has 4 aromatic rings. The van der Waals surface area contributed by atoms with E-state index in [0.717, 1.165) is 15.9 Å². The molecular formula is C32H30LiN3O7S2. The second-order valence-corrected chi connectivity index (χ2v) is 12.8. The summed E-state index contributed by atoms with van der Waals surface area (Å²) in [5, 5.41) is 25.7. The quantitative estimate of drug-likeness (QED) is 0.132. The number of benzene rings is 4. The number of aryl methyl sites for hydroxylation is 1. The molecule has 1 amide bonds. The number of carboxylic acid groups (broad SMARTS) is 1. The van der Waals surface area contributed by atoms with E-state index in [-0.39, 0.29) is 48.0 Å². The van der Waals surface area contributed by atoms with E-state index < -0.39 is 32.9 Å². The first-order valence-electron chi connectivity index (χ1n) is 13.5. The topological polar surface area (TPSA) is 150 Å². The summed E-state index contributed by atoms with van der Waals surface area (Å²) in [7, 11) is -4.28. The van der Waals surface area contributed by atoms with Crippen LogP contribution in [0.15, 0.2) is 102 Å². The van der Waals surface area contributed by atoms with Crippen LogP contribution < -0.4 is 33.6 Å². The van der Waals surface area contributed by atoms with E-state index in [1.54, 1.807) is 42.5 Å². The summed E-state index contributed by atoms with van der Waals surface area (Å²) >= 11 is 1.45. The van der Waals surface area contributed by atoms with Gasteiger partial charge in [-0.3, -0.25) is 19.2 Å². The van der Waals surface area contributed by atoms with Crippen LogP contribution in [0.25, 0.3) is 11.1 Å². The standard InChI is InChI=1S/C32H31N3O7S2.Li/c1-22-9-6-7-14-27(22)29-19-23(15-16-28(29)31(36)33-30(32(37)38)17-18-43-2)21-34(24-10-4-3-5-11-24)44(41,42)26-13-8-12-25(20-26)35(39)40;/h3-16,19-20,30H,17-18,21H2,1-2H3,(H,33,36)(H,37,38);/q;+1/p-1. The Labute approximate surface area is 278 Å². The Hall–Kier alpha value is -4.08. The minimum absolute atomic E-state index is 0. The van der Waals surface area contributed by atoms with Crippen molar-refractivity contribution in [3.63, 3.8) is 0 Å². The van der Waals surface area contributed by atoms with Crippen molar-refractivity contribution < 1.29 is 46.9 Å². The largest absolute Gasteiger partial charge is 1.00 e. The smallest absolute Gasteiger partial charge is 0.548 e. The molecule has 45 heavy (non-hydrogen) atoms. The van der Waals surface area contributed by atoms with Crippen LogP contribution in [-0.4, -0.2) is 43.3 Å². The van der Waals surface area contributed by atoms with Crippen LogP contribution in [0.5, 0.6) is 0 Å². The normalized spacial score (nSPS) is 11.6. The van der Waals surface area contributed by atoms with Gasteiger partial charge in [-0.05, 0) is 77.9 Å². The molecule has 1 unspecified atom stereocenters. The molecule has 0 radical (unpaired) electrons. The maximum atomic E-state index is 13.9. The molecule has 10 nitrogen and oxygen atoms in total. The van der Waals surface area contributed by atoms with Crippen molar-refractivity contribution in [3.05, 3.63) is 124 Å². The van der Waals surface area contributed by atoms with Crippen LogP contribution >= 0.6 is 11.8 Å². The van der Waals surface area contributed by atoms with Gasteiger partial charge in [-0.1, -0.05) is 54.6 Å². The van der Waals surface area contributed by atoms with Gasteiger partial charge in [0.1, 0.15) is 0 Å². The first-order valence-corrected chi connectivity index (χ1v) is 16.4. The van der Waals surface area contributed by atoms with Crippen LogP contribution in [0.1, 0.15) is 27.9 Å². The van der Waals surface area contributed by atoms with Crippen LogP contribution in [-0.2, 0) is 21.4 Å². The van der Waals surface area contributed by atoms with Gasteiger partial charge in [0.25, 0.3) is 21.6 Å². The monoisotopic (exact) mass is 639 g/mol. The fourth-order valence-electron chi connectivity index (χ4n) is 4.67. The molecule has 1 N–H and O–H groups in total. The number of sulfonamides is 1. The van der Waals surface area contributed by atoms with Gasteiger partial charge in [-0.25, -0.2) is 8.42 Å². The first kappa shape index (κ1) is 35.4. The van der Waals surface area contributed by atoms with Gasteiger partial charge in [-0.15, -0.1) is 0 Å². The summed E-state index contributed by atoms with van der Waals surface area (Å²) in [6.07, 6.45) is 2.02. The molecule has 0 bridgehead atoms. The fourth-order valence-corrected chi connectivity index (χ4v) is 6.63. The van der Waals surface area contributed by atoms with Crippen molar-refractivity contribution in [2.45, 2.75) is 30.8 Å². The molecule has 0 heterocycles. The summed E-state index contributed by atoms with van der Waals surface area (Å²) in [6.45, 7) is 1.71. The molecule has 0 aliphatic rings. The number of nitro benzene ring substituents is 1. The van der Waals surface area contributed by atoms with Gasteiger partial charge in [0.05, 0.1) is 34.1 Å². The third-order valence-corrected chi connectivity index (χ3v) is 9.36. The van der Waals surface area contributed by atoms with Crippen LogP contribution in [0, 0.1) is 17.0 Å². The van der Waals surface area contributed by atoms with Gasteiger partial charge < -0.3 is 15.2 Å². The molecule has 4 rings (SSSR count). The Kier molecular flexibility index (Phi) is 12.4. The third-order valence-electron chi connectivity index (χ3n) is 6.95. The predicted molar refractivity (Wildman–Crippen MR) is 169 cm³/mol. The van der Waals surface area contributed by atoms with E-state index in [0.29, 0.717) is 28.1 Å². The minimum Gasteiger partial charge on any atom is -0.548 e. The molecule has 0 saturated heterocycles. The van der Waals surface area contributed by atoms with Crippen LogP contribution in [0.2, 0.25) is 0 Å². The van der Waals surface area contributed by atoms with Crippen molar-refractivity contribution in [2.24, 2.45) is 0 Å². The van der Waals surface area contributed by atoms with E-state index in [2.05, 4.69) is 5.32 Å². The van der Waals surface area contributed by atoms with E-state index in [4.69, 9.17) is 0 Å². The van der Waals surface area contributed by atoms with Gasteiger partial charge in [0.15, 0.2) is 0 Å². The molecule has 1 atom stereocenters. The zero-order chi connectivity index (χ0) is 31.9. The number of non-ortho nitro benzene ring substituents is 1. The van der Waals surface area contributed by atoms with Crippen LogP contribution in [0.4, 0.5) is 11.4 Å². The molecule has 0 spiro atoms. The maximum absolute atomic E-state index is 13.9. The molecule has 0 aliphatic heterocycles. The Balaban J connectivity index is 0.00000552. The average molecular weight is 640 g/mol. The number of rotatable bonds is 13. The van der Waals surface area contributed by atoms with E-state index >= 15 is 0 Å². The van der Waals surface area contributed by atoms with Crippen molar-refractivity contribution >= 4 is 45.0 Å². The summed E-state index contributed by atoms with van der Waals surface area (Å²) in [5.41, 5.74) is 2.76. The number of amides is 1. The summed E-state index contributed by atoms with van der Waals surface area (Å²) in [5.74, 6) is -1.47. The number of nitrogens with zero attached hydrogens (tertiary/aromatic N) is 2. The maximum Gasteiger partial charge on any atom is 1.00 e. The number of nitro groups is 1. The molecule has 0 saturated carbocycles. The molecule has 228 valence electrons. The Morgan fingerprint density at radius 2 is 1.62 bits per heavy atom. The summed E-state index contributed by atoms with van der Waals surface area (Å²) in [4.78, 5) is 35.6. The average Bonchev–Trinajstić information content (AvgIpc) is 3.02. The van der Waals surface area contributed by atoms with Crippen molar-refractivity contribution in [1.29, 1.82) is 0 Å². The number of thioether (sulfide) groups is 1. The second kappa shape index (κ2) is 15.8. The Bertz CT molecular complexity index is 1790. The zero-order valence-electron chi connectivity index (χ0n) is 25.0. The Morgan fingerprint density at radius 1 is 0.933 bits per heavy atom. The van der Waals surface area contributed by atoms with E-state index in [1.165, 1.54) is 36.0 Å². The molecule has 0 aliphatic carbocycles. The summed E-state index contributed by atoms with van der Waals surface area (Å²) in [6, 6.07) is 24.2. The van der Waals surface area contributed by atoms with Gasteiger partial charge >= 0.3 is 18.9 Å². The number of anilines is 1. The van der Waals surface area contributed by atoms with Crippen molar-refractivity contribution in [3.8, 4) is 11.1 Å². The molecule has 4 aromatic carbocycles.